The number of hydrogen-bond acceptors (Lipinski definition) is 5. The van der Waals surface area contributed by atoms with Gasteiger partial charge in [-0.3, -0.25) is 19.8 Å². The first-order valence-corrected chi connectivity index (χ1v) is 13.3. The van der Waals surface area contributed by atoms with E-state index in [1.54, 1.807) is 12.1 Å². The standard InChI is InChI=1S/C30H31N5O3/c1-21-4-2-7-24(18-21)25-10-13-28-31-29(22-8-11-26(12-9-22)35(37)38)27(34(28)19-25)20-32-14-16-33(17-15-32)30(36)23-5-3-6-23/h2,4,7-13,18-19,23H,3,5-6,14-17,20H2,1H3. The second kappa shape index (κ2) is 10.0. The fraction of sp³-hybridized carbons (Fsp3) is 0.333. The average Bonchev–Trinajstić information content (AvgIpc) is 3.25. The van der Waals surface area contributed by atoms with Gasteiger partial charge in [-0.25, -0.2) is 4.98 Å². The first kappa shape index (κ1) is 24.3. The molecule has 2 aliphatic rings. The van der Waals surface area contributed by atoms with Crippen LogP contribution in [0.25, 0.3) is 28.0 Å². The molecule has 1 saturated carbocycles. The predicted molar refractivity (Wildman–Crippen MR) is 147 cm³/mol. The van der Waals surface area contributed by atoms with E-state index in [1.165, 1.54) is 24.1 Å². The van der Waals surface area contributed by atoms with Crippen LogP contribution in [0.5, 0.6) is 0 Å². The summed E-state index contributed by atoms with van der Waals surface area (Å²) in [5, 5.41) is 11.2. The number of carbonyl (C=O) groups excluding carboxylic acids is 1. The van der Waals surface area contributed by atoms with E-state index in [2.05, 4.69) is 52.8 Å². The summed E-state index contributed by atoms with van der Waals surface area (Å²) < 4.78 is 2.15. The third-order valence-electron chi connectivity index (χ3n) is 7.93. The molecular formula is C30H31N5O3. The van der Waals surface area contributed by atoms with Gasteiger partial charge in [0.25, 0.3) is 5.69 Å². The van der Waals surface area contributed by atoms with Crippen molar-refractivity contribution in [1.29, 1.82) is 0 Å². The van der Waals surface area contributed by atoms with Gasteiger partial charge in [0, 0.05) is 62.5 Å². The maximum Gasteiger partial charge on any atom is 0.269 e. The van der Waals surface area contributed by atoms with Crippen molar-refractivity contribution in [3.63, 3.8) is 0 Å². The summed E-state index contributed by atoms with van der Waals surface area (Å²) in [6.07, 6.45) is 5.36. The number of rotatable bonds is 6. The van der Waals surface area contributed by atoms with Crippen LogP contribution in [0.2, 0.25) is 0 Å². The highest BCUT2D eigenvalue weighted by Crippen LogP contribution is 2.31. The Kier molecular flexibility index (Phi) is 6.41. The highest BCUT2D eigenvalue weighted by molar-refractivity contribution is 5.79. The number of benzene rings is 2. The minimum absolute atomic E-state index is 0.0630. The molecule has 2 aromatic heterocycles. The van der Waals surface area contributed by atoms with Crippen LogP contribution < -0.4 is 0 Å². The lowest BCUT2D eigenvalue weighted by Crippen LogP contribution is -2.50. The zero-order valence-electron chi connectivity index (χ0n) is 21.5. The molecule has 0 radical (unpaired) electrons. The van der Waals surface area contributed by atoms with Crippen LogP contribution in [0, 0.1) is 23.0 Å². The van der Waals surface area contributed by atoms with Gasteiger partial charge in [-0.15, -0.1) is 0 Å². The summed E-state index contributed by atoms with van der Waals surface area (Å²) >= 11 is 0. The lowest BCUT2D eigenvalue weighted by atomic mass is 9.84. The van der Waals surface area contributed by atoms with Crippen molar-refractivity contribution in [3.05, 3.63) is 88.2 Å². The molecule has 6 rings (SSSR count). The van der Waals surface area contributed by atoms with Crippen LogP contribution in [0.4, 0.5) is 5.69 Å². The second-order valence-electron chi connectivity index (χ2n) is 10.5. The third kappa shape index (κ3) is 4.67. The maximum absolute atomic E-state index is 12.7. The summed E-state index contributed by atoms with van der Waals surface area (Å²) in [6.45, 7) is 5.87. The van der Waals surface area contributed by atoms with Gasteiger partial charge < -0.3 is 9.30 Å². The van der Waals surface area contributed by atoms with Gasteiger partial charge >= 0.3 is 0 Å². The Labute approximate surface area is 221 Å². The fourth-order valence-corrected chi connectivity index (χ4v) is 5.46. The Morgan fingerprint density at radius 3 is 2.37 bits per heavy atom. The Morgan fingerprint density at radius 2 is 1.71 bits per heavy atom. The van der Waals surface area contributed by atoms with E-state index in [1.807, 2.05) is 11.0 Å². The van der Waals surface area contributed by atoms with E-state index < -0.39 is 0 Å². The summed E-state index contributed by atoms with van der Waals surface area (Å²) in [5.41, 5.74) is 7.07. The van der Waals surface area contributed by atoms with Gasteiger partial charge in [-0.2, -0.15) is 0 Å². The summed E-state index contributed by atoms with van der Waals surface area (Å²) in [6, 6.07) is 19.2. The van der Waals surface area contributed by atoms with E-state index in [-0.39, 0.29) is 16.5 Å². The molecule has 0 N–H and O–H groups in total. The summed E-state index contributed by atoms with van der Waals surface area (Å²) in [7, 11) is 0. The molecule has 0 unspecified atom stereocenters. The van der Waals surface area contributed by atoms with Crippen molar-refractivity contribution in [3.8, 4) is 22.4 Å². The predicted octanol–water partition coefficient (Wildman–Crippen LogP) is 5.33. The number of imidazole rings is 1. The summed E-state index contributed by atoms with van der Waals surface area (Å²) in [4.78, 5) is 32.9. The number of carbonyl (C=O) groups is 1. The van der Waals surface area contributed by atoms with Crippen molar-refractivity contribution >= 4 is 17.2 Å². The Hall–Kier alpha value is -4.04. The highest BCUT2D eigenvalue weighted by atomic mass is 16.6. The quantitative estimate of drug-likeness (QED) is 0.259. The topological polar surface area (TPSA) is 84.0 Å². The van der Waals surface area contributed by atoms with Gasteiger partial charge in [-0.05, 0) is 55.2 Å². The number of non-ortho nitro benzene ring substituents is 1. The van der Waals surface area contributed by atoms with Crippen LogP contribution in [0.3, 0.4) is 0 Å². The van der Waals surface area contributed by atoms with E-state index in [4.69, 9.17) is 4.98 Å². The normalized spacial score (nSPS) is 16.5. The van der Waals surface area contributed by atoms with Crippen LogP contribution in [-0.4, -0.2) is 56.2 Å². The SMILES string of the molecule is Cc1cccc(-c2ccc3nc(-c4ccc([N+](=O)[O-])cc4)c(CN4CCN(C(=O)C5CCC5)CC4)n3c2)c1. The maximum atomic E-state index is 12.7. The molecule has 8 heteroatoms. The van der Waals surface area contributed by atoms with E-state index in [0.29, 0.717) is 12.5 Å². The molecule has 2 aromatic carbocycles. The molecule has 3 heterocycles. The number of hydrogen-bond donors (Lipinski definition) is 0. The number of nitro groups is 1. The monoisotopic (exact) mass is 509 g/mol. The molecular weight excluding hydrogens is 478 g/mol. The molecule has 1 saturated heterocycles. The highest BCUT2D eigenvalue weighted by Gasteiger charge is 2.31. The van der Waals surface area contributed by atoms with Crippen LogP contribution >= 0.6 is 0 Å². The van der Waals surface area contributed by atoms with E-state index in [0.717, 1.165) is 72.7 Å². The lowest BCUT2D eigenvalue weighted by molar-refractivity contribution is -0.384. The molecule has 1 aliphatic heterocycles. The Bertz CT molecular complexity index is 1500. The van der Waals surface area contributed by atoms with E-state index >= 15 is 0 Å². The molecule has 0 spiro atoms. The number of aryl methyl sites for hydroxylation is 1. The number of amides is 1. The molecule has 4 aromatic rings. The second-order valence-corrected chi connectivity index (χ2v) is 10.5. The molecule has 1 amide bonds. The molecule has 0 bridgehead atoms. The van der Waals surface area contributed by atoms with Gasteiger partial charge in [-0.1, -0.05) is 36.2 Å². The van der Waals surface area contributed by atoms with Crippen molar-refractivity contribution in [2.75, 3.05) is 26.2 Å². The minimum Gasteiger partial charge on any atom is -0.340 e. The molecule has 8 nitrogen and oxygen atoms in total. The van der Waals surface area contributed by atoms with Crippen LogP contribution in [0.1, 0.15) is 30.5 Å². The van der Waals surface area contributed by atoms with Crippen molar-refractivity contribution in [2.45, 2.75) is 32.7 Å². The van der Waals surface area contributed by atoms with Crippen LogP contribution in [0.15, 0.2) is 66.9 Å². The number of fused-ring (bicyclic) bond motifs is 1. The third-order valence-corrected chi connectivity index (χ3v) is 7.93. The van der Waals surface area contributed by atoms with Gasteiger partial charge in [0.15, 0.2) is 0 Å². The number of aromatic nitrogens is 2. The van der Waals surface area contributed by atoms with Gasteiger partial charge in [0.05, 0.1) is 16.3 Å². The average molecular weight is 510 g/mol. The number of nitro benzene ring substituents is 1. The van der Waals surface area contributed by atoms with Crippen molar-refractivity contribution in [2.24, 2.45) is 5.92 Å². The zero-order valence-corrected chi connectivity index (χ0v) is 21.5. The first-order chi connectivity index (χ1) is 18.5. The summed E-state index contributed by atoms with van der Waals surface area (Å²) in [5.74, 6) is 0.550. The lowest BCUT2D eigenvalue weighted by Gasteiger charge is -2.38. The van der Waals surface area contributed by atoms with Gasteiger partial charge in [0.1, 0.15) is 5.65 Å². The van der Waals surface area contributed by atoms with Crippen molar-refractivity contribution in [1.82, 2.24) is 19.2 Å². The Balaban J connectivity index is 1.34. The fourth-order valence-electron chi connectivity index (χ4n) is 5.46. The molecule has 194 valence electrons. The smallest absolute Gasteiger partial charge is 0.269 e. The minimum atomic E-state index is -0.382. The largest absolute Gasteiger partial charge is 0.340 e. The molecule has 38 heavy (non-hydrogen) atoms. The first-order valence-electron chi connectivity index (χ1n) is 13.3. The Morgan fingerprint density at radius 1 is 0.974 bits per heavy atom. The molecule has 0 atom stereocenters. The molecule has 2 fully saturated rings. The molecule has 1 aliphatic carbocycles. The number of nitrogens with zero attached hydrogens (tertiary/aromatic N) is 5. The number of piperazine rings is 1. The zero-order chi connectivity index (χ0) is 26.2. The number of pyridine rings is 1. The van der Waals surface area contributed by atoms with Gasteiger partial charge in [0.2, 0.25) is 5.91 Å². The van der Waals surface area contributed by atoms with Crippen LogP contribution in [-0.2, 0) is 11.3 Å². The van der Waals surface area contributed by atoms with Crippen molar-refractivity contribution < 1.29 is 9.72 Å². The van der Waals surface area contributed by atoms with E-state index in [9.17, 15) is 14.9 Å².